The fourth-order valence-electron chi connectivity index (χ4n) is 2.41. The maximum atomic E-state index is 14.1. The molecule has 0 aliphatic carbocycles. The molecule has 2 rings (SSSR count). The van der Waals surface area contributed by atoms with E-state index in [0.717, 1.165) is 12.0 Å². The predicted octanol–water partition coefficient (Wildman–Crippen LogP) is 3.10. The summed E-state index contributed by atoms with van der Waals surface area (Å²) in [6, 6.07) is 3.10. The third-order valence-corrected chi connectivity index (χ3v) is 4.23. The van der Waals surface area contributed by atoms with Crippen LogP contribution in [-0.2, 0) is 10.2 Å². The number of carbonyl (C=O) groups is 1. The number of benzene rings is 1. The summed E-state index contributed by atoms with van der Waals surface area (Å²) < 4.78 is 14.1. The molecule has 1 amide bonds. The Morgan fingerprint density at radius 3 is 2.63 bits per heavy atom. The van der Waals surface area contributed by atoms with Gasteiger partial charge in [0.15, 0.2) is 0 Å². The maximum Gasteiger partial charge on any atom is 0.234 e. The van der Waals surface area contributed by atoms with Gasteiger partial charge in [0, 0.05) is 6.04 Å². The van der Waals surface area contributed by atoms with Gasteiger partial charge >= 0.3 is 0 Å². The molecule has 4 heteroatoms. The molecule has 0 bridgehead atoms. The minimum atomic E-state index is -0.707. The molecule has 1 aliphatic heterocycles. The summed E-state index contributed by atoms with van der Waals surface area (Å²) in [5, 5.41) is 2.61. The zero-order valence-electron chi connectivity index (χ0n) is 11.9. The van der Waals surface area contributed by atoms with E-state index in [1.807, 2.05) is 13.0 Å². The van der Waals surface area contributed by atoms with Crippen LogP contribution in [0.3, 0.4) is 0 Å². The van der Waals surface area contributed by atoms with Crippen molar-refractivity contribution < 1.29 is 9.18 Å². The number of rotatable bonds is 3. The van der Waals surface area contributed by atoms with Crippen molar-refractivity contribution in [2.75, 3.05) is 5.32 Å². The Morgan fingerprint density at radius 2 is 2.05 bits per heavy atom. The molecule has 0 aromatic heterocycles. The largest absolute Gasteiger partial charge is 0.324 e. The highest BCUT2D eigenvalue weighted by molar-refractivity contribution is 6.05. The first-order valence-electron chi connectivity index (χ1n) is 6.70. The molecule has 0 saturated carbocycles. The smallest absolute Gasteiger partial charge is 0.234 e. The molecule has 2 atom stereocenters. The van der Waals surface area contributed by atoms with Crippen molar-refractivity contribution in [1.82, 2.24) is 0 Å². The normalized spacial score (nSPS) is 19.8. The second-order valence-electron chi connectivity index (χ2n) is 5.92. The summed E-state index contributed by atoms with van der Waals surface area (Å²) in [5.41, 5.74) is 7.22. The summed E-state index contributed by atoms with van der Waals surface area (Å²) in [6.07, 6.45) is 0.931. The van der Waals surface area contributed by atoms with Crippen LogP contribution in [0, 0.1) is 11.7 Å². The molecule has 0 fully saturated rings. The van der Waals surface area contributed by atoms with Gasteiger partial charge < -0.3 is 11.1 Å². The Morgan fingerprint density at radius 1 is 1.42 bits per heavy atom. The summed E-state index contributed by atoms with van der Waals surface area (Å²) in [6.45, 7) is 7.70. The van der Waals surface area contributed by atoms with E-state index < -0.39 is 11.2 Å². The third kappa shape index (κ3) is 2.14. The number of nitrogens with two attached hydrogens (primary N) is 1. The lowest BCUT2D eigenvalue weighted by Crippen LogP contribution is -2.27. The number of amides is 1. The van der Waals surface area contributed by atoms with Crippen LogP contribution in [-0.4, -0.2) is 5.91 Å². The Hall–Kier alpha value is -1.42. The van der Waals surface area contributed by atoms with Gasteiger partial charge in [0.1, 0.15) is 5.82 Å². The van der Waals surface area contributed by atoms with Crippen molar-refractivity contribution in [3.63, 3.8) is 0 Å². The van der Waals surface area contributed by atoms with E-state index in [9.17, 15) is 9.18 Å². The molecule has 3 N–H and O–H groups in total. The van der Waals surface area contributed by atoms with Crippen LogP contribution in [0.4, 0.5) is 10.1 Å². The monoisotopic (exact) mass is 264 g/mol. The fraction of sp³-hybridized carbons (Fsp3) is 0.533. The third-order valence-electron chi connectivity index (χ3n) is 4.23. The Balaban J connectivity index is 2.51. The van der Waals surface area contributed by atoms with Crippen LogP contribution >= 0.6 is 0 Å². The maximum absolute atomic E-state index is 14.1. The topological polar surface area (TPSA) is 55.1 Å². The first-order chi connectivity index (χ1) is 8.78. The van der Waals surface area contributed by atoms with E-state index in [-0.39, 0.29) is 17.9 Å². The summed E-state index contributed by atoms with van der Waals surface area (Å²) >= 11 is 0. The van der Waals surface area contributed by atoms with Crippen molar-refractivity contribution in [2.45, 2.75) is 45.6 Å². The van der Waals surface area contributed by atoms with Gasteiger partial charge in [-0.1, -0.05) is 26.3 Å². The van der Waals surface area contributed by atoms with Crippen LogP contribution in [0.25, 0.3) is 0 Å². The van der Waals surface area contributed by atoms with Gasteiger partial charge in [0.25, 0.3) is 0 Å². The highest BCUT2D eigenvalue weighted by Crippen LogP contribution is 2.40. The lowest BCUT2D eigenvalue weighted by Gasteiger charge is -2.22. The molecule has 2 unspecified atom stereocenters. The van der Waals surface area contributed by atoms with Gasteiger partial charge in [0.2, 0.25) is 5.91 Å². The van der Waals surface area contributed by atoms with E-state index >= 15 is 0 Å². The molecule has 19 heavy (non-hydrogen) atoms. The molecule has 0 radical (unpaired) electrons. The SMILES string of the molecule is CCC(C)C(N)c1cc(F)c2c(c1)C(C)(C)C(=O)N2. The highest BCUT2D eigenvalue weighted by atomic mass is 19.1. The number of fused-ring (bicyclic) bond motifs is 1. The molecular weight excluding hydrogens is 243 g/mol. The second kappa shape index (κ2) is 4.60. The van der Waals surface area contributed by atoms with E-state index in [1.54, 1.807) is 13.8 Å². The van der Waals surface area contributed by atoms with Crippen molar-refractivity contribution in [3.05, 3.63) is 29.1 Å². The van der Waals surface area contributed by atoms with E-state index in [4.69, 9.17) is 5.73 Å². The quantitative estimate of drug-likeness (QED) is 0.881. The molecule has 104 valence electrons. The van der Waals surface area contributed by atoms with Crippen LogP contribution in [0.1, 0.15) is 51.3 Å². The standard InChI is InChI=1S/C15H21FN2O/c1-5-8(2)12(17)9-6-10-13(11(16)7-9)18-14(19)15(10,3)4/h6-8,12H,5,17H2,1-4H3,(H,18,19). The molecule has 1 aromatic carbocycles. The van der Waals surface area contributed by atoms with Gasteiger partial charge in [-0.25, -0.2) is 4.39 Å². The van der Waals surface area contributed by atoms with E-state index in [1.165, 1.54) is 6.07 Å². The van der Waals surface area contributed by atoms with Crippen LogP contribution in [0.2, 0.25) is 0 Å². The molecular formula is C15H21FN2O. The van der Waals surface area contributed by atoms with Gasteiger partial charge in [-0.2, -0.15) is 0 Å². The average Bonchev–Trinajstić information content (AvgIpc) is 2.60. The molecule has 0 spiro atoms. The van der Waals surface area contributed by atoms with Gasteiger partial charge in [-0.3, -0.25) is 4.79 Å². The molecule has 1 aliphatic rings. The fourth-order valence-corrected chi connectivity index (χ4v) is 2.41. The van der Waals surface area contributed by atoms with Crippen molar-refractivity contribution in [2.24, 2.45) is 11.7 Å². The van der Waals surface area contributed by atoms with Crippen molar-refractivity contribution >= 4 is 11.6 Å². The molecule has 1 aromatic rings. The van der Waals surface area contributed by atoms with E-state index in [2.05, 4.69) is 12.2 Å². The number of hydrogen-bond acceptors (Lipinski definition) is 2. The molecule has 3 nitrogen and oxygen atoms in total. The summed E-state index contributed by atoms with van der Waals surface area (Å²) in [5.74, 6) is -0.300. The lowest BCUT2D eigenvalue weighted by atomic mass is 9.83. The van der Waals surface area contributed by atoms with Crippen LogP contribution in [0.5, 0.6) is 0 Å². The highest BCUT2D eigenvalue weighted by Gasteiger charge is 2.40. The minimum absolute atomic E-state index is 0.171. The van der Waals surface area contributed by atoms with Crippen molar-refractivity contribution in [3.8, 4) is 0 Å². The van der Waals surface area contributed by atoms with Crippen molar-refractivity contribution in [1.29, 1.82) is 0 Å². The summed E-state index contributed by atoms with van der Waals surface area (Å²) in [4.78, 5) is 11.9. The predicted molar refractivity (Wildman–Crippen MR) is 74.4 cm³/mol. The number of hydrogen-bond donors (Lipinski definition) is 2. The minimum Gasteiger partial charge on any atom is -0.324 e. The average molecular weight is 264 g/mol. The van der Waals surface area contributed by atoms with E-state index in [0.29, 0.717) is 11.3 Å². The summed E-state index contributed by atoms with van der Waals surface area (Å²) in [7, 11) is 0. The Kier molecular flexibility index (Phi) is 3.39. The number of anilines is 1. The number of halogens is 1. The second-order valence-corrected chi connectivity index (χ2v) is 5.92. The lowest BCUT2D eigenvalue weighted by molar-refractivity contribution is -0.119. The number of nitrogens with one attached hydrogen (secondary N) is 1. The van der Waals surface area contributed by atoms with Gasteiger partial charge in [0.05, 0.1) is 11.1 Å². The zero-order valence-corrected chi connectivity index (χ0v) is 11.9. The Labute approximate surface area is 113 Å². The van der Waals surface area contributed by atoms with Gasteiger partial charge in [-0.05, 0) is 37.0 Å². The van der Waals surface area contributed by atoms with Gasteiger partial charge in [-0.15, -0.1) is 0 Å². The first kappa shape index (κ1) is 14.0. The van der Waals surface area contributed by atoms with Crippen LogP contribution in [0.15, 0.2) is 12.1 Å². The molecule has 1 heterocycles. The first-order valence-corrected chi connectivity index (χ1v) is 6.70. The molecule has 0 saturated heterocycles. The number of carbonyl (C=O) groups excluding carboxylic acids is 1. The Bertz CT molecular complexity index is 525. The zero-order chi connectivity index (χ0) is 14.4. The van der Waals surface area contributed by atoms with Crippen LogP contribution < -0.4 is 11.1 Å².